The second-order valence-electron chi connectivity index (χ2n) is 5.16. The monoisotopic (exact) mass is 211 g/mol. The molecule has 2 heterocycles. The third-order valence-electron chi connectivity index (χ3n) is 3.95. The third-order valence-corrected chi connectivity index (χ3v) is 3.95. The normalized spacial score (nSPS) is 27.6. The van der Waals surface area contributed by atoms with E-state index in [0.717, 1.165) is 12.0 Å². The lowest BCUT2D eigenvalue weighted by atomic mass is 10.1. The van der Waals surface area contributed by atoms with Gasteiger partial charge in [0.15, 0.2) is 0 Å². The highest BCUT2D eigenvalue weighted by atomic mass is 15.3. The molecular formula is C12H25N3. The van der Waals surface area contributed by atoms with E-state index in [9.17, 15) is 0 Å². The molecule has 2 aliphatic rings. The van der Waals surface area contributed by atoms with Crippen molar-refractivity contribution in [3.63, 3.8) is 0 Å². The van der Waals surface area contributed by atoms with Crippen molar-refractivity contribution in [2.24, 2.45) is 5.92 Å². The Kier molecular flexibility index (Phi) is 4.00. The van der Waals surface area contributed by atoms with Crippen LogP contribution in [0.3, 0.4) is 0 Å². The maximum Gasteiger partial charge on any atom is 0.0346 e. The van der Waals surface area contributed by atoms with Gasteiger partial charge in [0.05, 0.1) is 0 Å². The van der Waals surface area contributed by atoms with E-state index in [4.69, 9.17) is 0 Å². The lowest BCUT2D eigenvalue weighted by Gasteiger charge is -2.43. The molecule has 2 aliphatic heterocycles. The summed E-state index contributed by atoms with van der Waals surface area (Å²) in [4.78, 5) is 5.29. The summed E-state index contributed by atoms with van der Waals surface area (Å²) >= 11 is 0. The van der Waals surface area contributed by atoms with Crippen LogP contribution in [0.5, 0.6) is 0 Å². The number of nitrogens with zero attached hydrogens (tertiary/aromatic N) is 2. The molecule has 0 aliphatic carbocycles. The molecule has 3 heteroatoms. The quantitative estimate of drug-likeness (QED) is 0.735. The minimum atomic E-state index is 0.843. The Labute approximate surface area is 93.8 Å². The molecule has 1 atom stereocenters. The summed E-state index contributed by atoms with van der Waals surface area (Å²) in [6.45, 7) is 13.5. The highest BCUT2D eigenvalue weighted by molar-refractivity contribution is 4.87. The summed E-state index contributed by atoms with van der Waals surface area (Å²) < 4.78 is 0. The van der Waals surface area contributed by atoms with E-state index in [-0.39, 0.29) is 0 Å². The highest BCUT2D eigenvalue weighted by Gasteiger charge is 2.27. The van der Waals surface area contributed by atoms with Crippen LogP contribution in [0.4, 0.5) is 0 Å². The average Bonchev–Trinajstić information content (AvgIpc) is 2.18. The summed E-state index contributed by atoms with van der Waals surface area (Å²) in [6, 6.07) is 0.843. The Bertz CT molecular complexity index is 183. The fourth-order valence-corrected chi connectivity index (χ4v) is 2.41. The molecule has 2 fully saturated rings. The SMILES string of the molecule is CCC(C)CN1CCN(C2CNC2)CC1. The molecule has 0 aromatic rings. The molecule has 1 unspecified atom stereocenters. The van der Waals surface area contributed by atoms with Crippen molar-refractivity contribution in [2.45, 2.75) is 26.3 Å². The maximum absolute atomic E-state index is 3.36. The van der Waals surface area contributed by atoms with E-state index >= 15 is 0 Å². The van der Waals surface area contributed by atoms with Crippen molar-refractivity contribution in [2.75, 3.05) is 45.8 Å². The van der Waals surface area contributed by atoms with Crippen molar-refractivity contribution in [3.05, 3.63) is 0 Å². The Morgan fingerprint density at radius 2 is 1.87 bits per heavy atom. The smallest absolute Gasteiger partial charge is 0.0346 e. The fourth-order valence-electron chi connectivity index (χ4n) is 2.41. The number of nitrogens with one attached hydrogen (secondary N) is 1. The van der Waals surface area contributed by atoms with E-state index in [0.29, 0.717) is 0 Å². The zero-order chi connectivity index (χ0) is 10.7. The first-order valence-electron chi connectivity index (χ1n) is 6.46. The summed E-state index contributed by atoms with van der Waals surface area (Å²) in [7, 11) is 0. The predicted molar refractivity (Wildman–Crippen MR) is 64.1 cm³/mol. The van der Waals surface area contributed by atoms with Gasteiger partial charge in [0, 0.05) is 51.9 Å². The zero-order valence-corrected chi connectivity index (χ0v) is 10.2. The molecule has 15 heavy (non-hydrogen) atoms. The van der Waals surface area contributed by atoms with Crippen LogP contribution in [0.1, 0.15) is 20.3 Å². The van der Waals surface area contributed by atoms with Gasteiger partial charge in [-0.25, -0.2) is 0 Å². The number of rotatable bonds is 4. The maximum atomic E-state index is 3.36. The lowest BCUT2D eigenvalue weighted by Crippen LogP contribution is -2.61. The molecule has 0 bridgehead atoms. The van der Waals surface area contributed by atoms with Gasteiger partial charge < -0.3 is 10.2 Å². The van der Waals surface area contributed by atoms with E-state index in [1.165, 1.54) is 52.2 Å². The first kappa shape index (κ1) is 11.4. The van der Waals surface area contributed by atoms with Crippen LogP contribution in [-0.2, 0) is 0 Å². The minimum Gasteiger partial charge on any atom is -0.314 e. The molecule has 1 N–H and O–H groups in total. The molecule has 0 spiro atoms. The van der Waals surface area contributed by atoms with Crippen molar-refractivity contribution >= 4 is 0 Å². The van der Waals surface area contributed by atoms with Crippen LogP contribution in [0, 0.1) is 5.92 Å². The standard InChI is InChI=1S/C12H25N3/c1-3-11(2)10-14-4-6-15(7-5-14)12-8-13-9-12/h11-13H,3-10H2,1-2H3. The number of hydrogen-bond donors (Lipinski definition) is 1. The van der Waals surface area contributed by atoms with Crippen LogP contribution < -0.4 is 5.32 Å². The first-order valence-corrected chi connectivity index (χ1v) is 6.46. The molecule has 0 amide bonds. The van der Waals surface area contributed by atoms with Gasteiger partial charge in [0.2, 0.25) is 0 Å². The molecule has 88 valence electrons. The highest BCUT2D eigenvalue weighted by Crippen LogP contribution is 2.11. The van der Waals surface area contributed by atoms with Crippen molar-refractivity contribution in [1.82, 2.24) is 15.1 Å². The van der Waals surface area contributed by atoms with Crippen molar-refractivity contribution in [3.8, 4) is 0 Å². The topological polar surface area (TPSA) is 18.5 Å². The van der Waals surface area contributed by atoms with Gasteiger partial charge in [-0.05, 0) is 5.92 Å². The number of hydrogen-bond acceptors (Lipinski definition) is 3. The van der Waals surface area contributed by atoms with Gasteiger partial charge in [-0.2, -0.15) is 0 Å². The van der Waals surface area contributed by atoms with Crippen LogP contribution >= 0.6 is 0 Å². The molecular weight excluding hydrogens is 186 g/mol. The van der Waals surface area contributed by atoms with Crippen LogP contribution in [0.2, 0.25) is 0 Å². The Hall–Kier alpha value is -0.120. The largest absolute Gasteiger partial charge is 0.314 e. The summed E-state index contributed by atoms with van der Waals surface area (Å²) in [5.41, 5.74) is 0. The predicted octanol–water partition coefficient (Wildman–Crippen LogP) is 0.622. The van der Waals surface area contributed by atoms with Crippen molar-refractivity contribution in [1.29, 1.82) is 0 Å². The van der Waals surface area contributed by atoms with Crippen LogP contribution in [0.25, 0.3) is 0 Å². The minimum absolute atomic E-state index is 0.843. The van der Waals surface area contributed by atoms with Gasteiger partial charge in [-0.15, -0.1) is 0 Å². The molecule has 0 aromatic heterocycles. The van der Waals surface area contributed by atoms with E-state index < -0.39 is 0 Å². The van der Waals surface area contributed by atoms with Crippen molar-refractivity contribution < 1.29 is 0 Å². The summed E-state index contributed by atoms with van der Waals surface area (Å²) in [5, 5.41) is 3.36. The molecule has 2 rings (SSSR count). The lowest BCUT2D eigenvalue weighted by molar-refractivity contribution is 0.0663. The van der Waals surface area contributed by atoms with E-state index in [1.807, 2.05) is 0 Å². The second kappa shape index (κ2) is 5.28. The first-order chi connectivity index (χ1) is 7.29. The van der Waals surface area contributed by atoms with Gasteiger partial charge >= 0.3 is 0 Å². The Morgan fingerprint density at radius 3 is 2.33 bits per heavy atom. The molecule has 2 saturated heterocycles. The second-order valence-corrected chi connectivity index (χ2v) is 5.16. The summed E-state index contributed by atoms with van der Waals surface area (Å²) in [5.74, 6) is 0.863. The molecule has 0 saturated carbocycles. The zero-order valence-electron chi connectivity index (χ0n) is 10.2. The average molecular weight is 211 g/mol. The van der Waals surface area contributed by atoms with Crippen LogP contribution in [-0.4, -0.2) is 61.7 Å². The molecule has 3 nitrogen and oxygen atoms in total. The number of piperazine rings is 1. The van der Waals surface area contributed by atoms with Gasteiger partial charge in [0.1, 0.15) is 0 Å². The van der Waals surface area contributed by atoms with E-state index in [2.05, 4.69) is 29.0 Å². The van der Waals surface area contributed by atoms with Gasteiger partial charge in [-0.3, -0.25) is 4.90 Å². The Morgan fingerprint density at radius 1 is 1.20 bits per heavy atom. The van der Waals surface area contributed by atoms with E-state index in [1.54, 1.807) is 0 Å². The van der Waals surface area contributed by atoms with Gasteiger partial charge in [-0.1, -0.05) is 20.3 Å². The third kappa shape index (κ3) is 2.92. The summed E-state index contributed by atoms with van der Waals surface area (Å²) in [6.07, 6.45) is 1.31. The molecule has 0 aromatic carbocycles. The van der Waals surface area contributed by atoms with Gasteiger partial charge in [0.25, 0.3) is 0 Å². The van der Waals surface area contributed by atoms with Crippen LogP contribution in [0.15, 0.2) is 0 Å². The molecule has 0 radical (unpaired) electrons. The fraction of sp³-hybridized carbons (Fsp3) is 1.00. The Balaban J connectivity index is 1.67.